The van der Waals surface area contributed by atoms with Crippen molar-refractivity contribution in [2.45, 2.75) is 6.54 Å². The van der Waals surface area contributed by atoms with E-state index in [0.717, 1.165) is 26.2 Å². The van der Waals surface area contributed by atoms with Crippen LogP contribution in [0, 0.1) is 11.6 Å². The lowest BCUT2D eigenvalue weighted by Crippen LogP contribution is -2.43. The van der Waals surface area contributed by atoms with E-state index in [1.807, 2.05) is 0 Å². The molecule has 0 aliphatic carbocycles. The number of rotatable bonds is 2. The van der Waals surface area contributed by atoms with Crippen molar-refractivity contribution >= 4 is 15.9 Å². The molecule has 88 valence electrons. The highest BCUT2D eigenvalue weighted by Gasteiger charge is 2.15. The third-order valence-electron chi connectivity index (χ3n) is 2.72. The molecule has 0 unspecified atom stereocenters. The standard InChI is InChI=1S/C11H13BrF2N2/c12-10-9(13)2-1-8(11(10)14)7-16-5-3-15-4-6-16/h1-2,15H,3-7H2. The second kappa shape index (κ2) is 5.21. The fourth-order valence-corrected chi connectivity index (χ4v) is 2.18. The molecule has 1 aromatic rings. The first kappa shape index (κ1) is 12.0. The highest BCUT2D eigenvalue weighted by atomic mass is 79.9. The van der Waals surface area contributed by atoms with Gasteiger partial charge >= 0.3 is 0 Å². The van der Waals surface area contributed by atoms with Crippen molar-refractivity contribution in [1.29, 1.82) is 0 Å². The first-order chi connectivity index (χ1) is 7.68. The molecule has 1 aliphatic rings. The first-order valence-corrected chi connectivity index (χ1v) is 6.03. The molecule has 0 saturated carbocycles. The normalized spacial score (nSPS) is 17.7. The van der Waals surface area contributed by atoms with Crippen molar-refractivity contribution in [2.75, 3.05) is 26.2 Å². The molecule has 0 amide bonds. The maximum absolute atomic E-state index is 13.7. The Kier molecular flexibility index (Phi) is 3.89. The summed E-state index contributed by atoms with van der Waals surface area (Å²) in [4.78, 5) is 2.15. The second-order valence-corrected chi connectivity index (χ2v) is 4.65. The predicted molar refractivity (Wildman–Crippen MR) is 62.2 cm³/mol. The molecule has 2 nitrogen and oxygen atoms in total. The molecule has 0 radical (unpaired) electrons. The Morgan fingerprint density at radius 1 is 1.25 bits per heavy atom. The maximum Gasteiger partial charge on any atom is 0.144 e. The van der Waals surface area contributed by atoms with Gasteiger partial charge in [0, 0.05) is 38.3 Å². The zero-order valence-electron chi connectivity index (χ0n) is 8.77. The Morgan fingerprint density at radius 2 is 1.94 bits per heavy atom. The molecule has 0 spiro atoms. The number of nitrogens with zero attached hydrogens (tertiary/aromatic N) is 1. The van der Waals surface area contributed by atoms with Crippen molar-refractivity contribution in [1.82, 2.24) is 10.2 Å². The molecule has 16 heavy (non-hydrogen) atoms. The van der Waals surface area contributed by atoms with Crippen molar-refractivity contribution < 1.29 is 8.78 Å². The zero-order valence-corrected chi connectivity index (χ0v) is 10.4. The van der Waals surface area contributed by atoms with Crippen molar-refractivity contribution in [3.05, 3.63) is 33.8 Å². The van der Waals surface area contributed by atoms with Gasteiger partial charge in [-0.05, 0) is 22.0 Å². The minimum Gasteiger partial charge on any atom is -0.314 e. The molecule has 1 aromatic carbocycles. The van der Waals surface area contributed by atoms with Crippen LogP contribution in [-0.4, -0.2) is 31.1 Å². The van der Waals surface area contributed by atoms with E-state index in [0.29, 0.717) is 12.1 Å². The third kappa shape index (κ3) is 2.59. The van der Waals surface area contributed by atoms with Gasteiger partial charge in [0.25, 0.3) is 0 Å². The van der Waals surface area contributed by atoms with Crippen LogP contribution in [0.5, 0.6) is 0 Å². The largest absolute Gasteiger partial charge is 0.314 e. The summed E-state index contributed by atoms with van der Waals surface area (Å²) in [6.45, 7) is 4.17. The van der Waals surface area contributed by atoms with Crippen LogP contribution < -0.4 is 5.32 Å². The van der Waals surface area contributed by atoms with Gasteiger partial charge < -0.3 is 5.32 Å². The van der Waals surface area contributed by atoms with E-state index in [4.69, 9.17) is 0 Å². The van der Waals surface area contributed by atoms with E-state index in [9.17, 15) is 8.78 Å². The Balaban J connectivity index is 2.11. The quantitative estimate of drug-likeness (QED) is 0.840. The number of hydrogen-bond donors (Lipinski definition) is 1. The molecular weight excluding hydrogens is 278 g/mol. The average Bonchev–Trinajstić information content (AvgIpc) is 2.31. The Labute approximate surface area is 102 Å². The summed E-state index contributed by atoms with van der Waals surface area (Å²) in [6.07, 6.45) is 0. The summed E-state index contributed by atoms with van der Waals surface area (Å²) in [5.74, 6) is -1.04. The van der Waals surface area contributed by atoms with E-state index in [-0.39, 0.29) is 4.47 Å². The lowest BCUT2D eigenvalue weighted by Gasteiger charge is -2.27. The second-order valence-electron chi connectivity index (χ2n) is 3.86. The van der Waals surface area contributed by atoms with Gasteiger partial charge in [-0.25, -0.2) is 8.78 Å². The fourth-order valence-electron chi connectivity index (χ4n) is 1.80. The van der Waals surface area contributed by atoms with E-state index < -0.39 is 11.6 Å². The minimum absolute atomic E-state index is 0.0693. The number of benzene rings is 1. The van der Waals surface area contributed by atoms with Gasteiger partial charge in [0.05, 0.1) is 4.47 Å². The van der Waals surface area contributed by atoms with Crippen LogP contribution >= 0.6 is 15.9 Å². The first-order valence-electron chi connectivity index (χ1n) is 5.24. The SMILES string of the molecule is Fc1ccc(CN2CCNCC2)c(F)c1Br. The monoisotopic (exact) mass is 290 g/mol. The number of nitrogens with one attached hydrogen (secondary N) is 1. The molecule has 1 N–H and O–H groups in total. The van der Waals surface area contributed by atoms with Gasteiger partial charge in [-0.15, -0.1) is 0 Å². The van der Waals surface area contributed by atoms with Crippen molar-refractivity contribution in [2.24, 2.45) is 0 Å². The summed E-state index contributed by atoms with van der Waals surface area (Å²) in [6, 6.07) is 2.81. The molecule has 0 bridgehead atoms. The molecule has 0 atom stereocenters. The van der Waals surface area contributed by atoms with Gasteiger partial charge in [-0.3, -0.25) is 4.90 Å². The number of hydrogen-bond acceptors (Lipinski definition) is 2. The van der Waals surface area contributed by atoms with E-state index >= 15 is 0 Å². The van der Waals surface area contributed by atoms with Gasteiger partial charge in [-0.1, -0.05) is 6.07 Å². The van der Waals surface area contributed by atoms with Crippen LogP contribution in [0.15, 0.2) is 16.6 Å². The molecule has 5 heteroatoms. The Hall–Kier alpha value is -0.520. The van der Waals surface area contributed by atoms with Crippen LogP contribution in [0.25, 0.3) is 0 Å². The van der Waals surface area contributed by atoms with Crippen LogP contribution in [0.3, 0.4) is 0 Å². The van der Waals surface area contributed by atoms with Crippen LogP contribution in [0.2, 0.25) is 0 Å². The van der Waals surface area contributed by atoms with Crippen LogP contribution in [0.1, 0.15) is 5.56 Å². The zero-order chi connectivity index (χ0) is 11.5. The Bertz CT molecular complexity index is 378. The molecule has 0 aromatic heterocycles. The molecule has 1 fully saturated rings. The number of piperazine rings is 1. The van der Waals surface area contributed by atoms with Gasteiger partial charge in [0.2, 0.25) is 0 Å². The fraction of sp³-hybridized carbons (Fsp3) is 0.455. The van der Waals surface area contributed by atoms with E-state index in [1.54, 1.807) is 0 Å². The van der Waals surface area contributed by atoms with E-state index in [2.05, 4.69) is 26.1 Å². The maximum atomic E-state index is 13.7. The van der Waals surface area contributed by atoms with Crippen molar-refractivity contribution in [3.8, 4) is 0 Å². The van der Waals surface area contributed by atoms with Gasteiger partial charge in [0.1, 0.15) is 11.6 Å². The Morgan fingerprint density at radius 3 is 2.62 bits per heavy atom. The highest BCUT2D eigenvalue weighted by molar-refractivity contribution is 9.10. The summed E-state index contributed by atoms with van der Waals surface area (Å²) >= 11 is 2.91. The van der Waals surface area contributed by atoms with Gasteiger partial charge in [-0.2, -0.15) is 0 Å². The summed E-state index contributed by atoms with van der Waals surface area (Å²) in [5.41, 5.74) is 0.537. The average molecular weight is 291 g/mol. The van der Waals surface area contributed by atoms with Crippen LogP contribution in [-0.2, 0) is 6.54 Å². The lowest BCUT2D eigenvalue weighted by atomic mass is 10.2. The molecular formula is C11H13BrF2N2. The molecule has 1 saturated heterocycles. The van der Waals surface area contributed by atoms with Gasteiger partial charge in [0.15, 0.2) is 0 Å². The summed E-state index contributed by atoms with van der Waals surface area (Å²) < 4.78 is 26.6. The van der Waals surface area contributed by atoms with Crippen LogP contribution in [0.4, 0.5) is 8.78 Å². The van der Waals surface area contributed by atoms with E-state index in [1.165, 1.54) is 12.1 Å². The predicted octanol–water partition coefficient (Wildman–Crippen LogP) is 2.13. The summed E-state index contributed by atoms with van der Waals surface area (Å²) in [7, 11) is 0. The molecule has 2 rings (SSSR count). The lowest BCUT2D eigenvalue weighted by molar-refractivity contribution is 0.230. The smallest absolute Gasteiger partial charge is 0.144 e. The minimum atomic E-state index is -0.554. The molecule has 1 aliphatic heterocycles. The van der Waals surface area contributed by atoms with Crippen molar-refractivity contribution in [3.63, 3.8) is 0 Å². The highest BCUT2D eigenvalue weighted by Crippen LogP contribution is 2.23. The molecule has 1 heterocycles. The topological polar surface area (TPSA) is 15.3 Å². The number of halogens is 3. The summed E-state index contributed by atoms with van der Waals surface area (Å²) in [5, 5.41) is 3.23. The third-order valence-corrected chi connectivity index (χ3v) is 3.45.